The molecular formula is C21H28O8. The van der Waals surface area contributed by atoms with Gasteiger partial charge in [0.25, 0.3) is 0 Å². The summed E-state index contributed by atoms with van der Waals surface area (Å²) in [6.07, 6.45) is -4.15. The van der Waals surface area contributed by atoms with E-state index in [9.17, 15) is 14.4 Å². The standard InChI is InChI=1S/C21H28O8/c1-12(22)26-17-11-25-20(19(28-14(3)24)18(17)27-13(2)23)29-16-9-7-15(8-10-16)21(4,5)6/h7-10,17-20H,11H2,1-6H3/t17-,18+,19+,20-/m0/s1. The monoisotopic (exact) mass is 408 g/mol. The Kier molecular flexibility index (Phi) is 7.24. The second kappa shape index (κ2) is 9.26. The molecule has 29 heavy (non-hydrogen) atoms. The summed E-state index contributed by atoms with van der Waals surface area (Å²) in [5.41, 5.74) is 1.11. The molecule has 1 aromatic carbocycles. The zero-order chi connectivity index (χ0) is 21.8. The lowest BCUT2D eigenvalue weighted by atomic mass is 9.87. The molecular weight excluding hydrogens is 380 g/mol. The van der Waals surface area contributed by atoms with E-state index in [1.165, 1.54) is 20.8 Å². The van der Waals surface area contributed by atoms with Gasteiger partial charge in [-0.05, 0) is 23.1 Å². The molecule has 8 nitrogen and oxygen atoms in total. The van der Waals surface area contributed by atoms with Crippen molar-refractivity contribution in [2.75, 3.05) is 6.61 Å². The van der Waals surface area contributed by atoms with Crippen LogP contribution in [-0.4, -0.2) is 49.1 Å². The zero-order valence-corrected chi connectivity index (χ0v) is 17.6. The van der Waals surface area contributed by atoms with Crippen molar-refractivity contribution in [3.63, 3.8) is 0 Å². The van der Waals surface area contributed by atoms with Gasteiger partial charge in [-0.15, -0.1) is 0 Å². The summed E-state index contributed by atoms with van der Waals surface area (Å²) in [5.74, 6) is -1.31. The Bertz CT molecular complexity index is 734. The molecule has 0 spiro atoms. The molecule has 0 radical (unpaired) electrons. The molecule has 0 saturated carbocycles. The molecule has 1 fully saturated rings. The molecule has 0 unspecified atom stereocenters. The summed E-state index contributed by atoms with van der Waals surface area (Å²) < 4.78 is 27.3. The van der Waals surface area contributed by atoms with Gasteiger partial charge in [-0.1, -0.05) is 32.9 Å². The molecule has 0 aliphatic carbocycles. The number of benzene rings is 1. The highest BCUT2D eigenvalue weighted by atomic mass is 16.7. The van der Waals surface area contributed by atoms with Gasteiger partial charge < -0.3 is 23.7 Å². The van der Waals surface area contributed by atoms with Crippen molar-refractivity contribution in [3.8, 4) is 5.75 Å². The summed E-state index contributed by atoms with van der Waals surface area (Å²) in [7, 11) is 0. The lowest BCUT2D eigenvalue weighted by Crippen LogP contribution is -2.59. The maximum Gasteiger partial charge on any atom is 0.303 e. The molecule has 8 heteroatoms. The molecule has 0 bridgehead atoms. The highest BCUT2D eigenvalue weighted by Gasteiger charge is 2.48. The number of carbonyl (C=O) groups excluding carboxylic acids is 3. The van der Waals surface area contributed by atoms with E-state index in [1.807, 2.05) is 12.1 Å². The maximum absolute atomic E-state index is 11.6. The first-order chi connectivity index (χ1) is 13.5. The van der Waals surface area contributed by atoms with E-state index >= 15 is 0 Å². The Morgan fingerprint density at radius 1 is 0.862 bits per heavy atom. The molecule has 1 heterocycles. The SMILES string of the molecule is CC(=O)O[C@H]1[C@H](Oc2ccc(C(C)(C)C)cc2)OC[C@H](OC(C)=O)[C@H]1OC(C)=O. The topological polar surface area (TPSA) is 97.4 Å². The molecule has 1 saturated heterocycles. The molecule has 0 amide bonds. The first kappa shape index (κ1) is 22.7. The fourth-order valence-corrected chi connectivity index (χ4v) is 2.98. The van der Waals surface area contributed by atoms with Gasteiger partial charge in [0.15, 0.2) is 12.2 Å². The van der Waals surface area contributed by atoms with E-state index in [0.29, 0.717) is 5.75 Å². The number of carbonyl (C=O) groups is 3. The average Bonchev–Trinajstić information content (AvgIpc) is 2.58. The first-order valence-corrected chi connectivity index (χ1v) is 9.38. The third kappa shape index (κ3) is 6.45. The Morgan fingerprint density at radius 2 is 1.38 bits per heavy atom. The lowest BCUT2D eigenvalue weighted by molar-refractivity contribution is -0.259. The molecule has 1 aromatic rings. The largest absolute Gasteiger partial charge is 0.461 e. The number of rotatable bonds is 5. The van der Waals surface area contributed by atoms with Gasteiger partial charge >= 0.3 is 17.9 Å². The number of hydrogen-bond donors (Lipinski definition) is 0. The van der Waals surface area contributed by atoms with Gasteiger partial charge in [0.05, 0.1) is 6.61 Å². The van der Waals surface area contributed by atoms with Gasteiger partial charge in [-0.25, -0.2) is 0 Å². The lowest BCUT2D eigenvalue weighted by Gasteiger charge is -2.40. The van der Waals surface area contributed by atoms with E-state index in [0.717, 1.165) is 5.56 Å². The van der Waals surface area contributed by atoms with Crippen molar-refractivity contribution in [3.05, 3.63) is 29.8 Å². The minimum atomic E-state index is -1.11. The molecule has 4 atom stereocenters. The van der Waals surface area contributed by atoms with Crippen molar-refractivity contribution < 1.29 is 38.1 Å². The Labute approximate surface area is 170 Å². The van der Waals surface area contributed by atoms with Crippen LogP contribution in [0.5, 0.6) is 5.75 Å². The van der Waals surface area contributed by atoms with Crippen LogP contribution in [-0.2, 0) is 38.7 Å². The fourth-order valence-electron chi connectivity index (χ4n) is 2.98. The van der Waals surface area contributed by atoms with E-state index in [2.05, 4.69) is 20.8 Å². The molecule has 0 aromatic heterocycles. The maximum atomic E-state index is 11.6. The van der Waals surface area contributed by atoms with E-state index in [4.69, 9.17) is 23.7 Å². The van der Waals surface area contributed by atoms with Crippen LogP contribution in [0, 0.1) is 0 Å². The average molecular weight is 408 g/mol. The van der Waals surface area contributed by atoms with E-state index < -0.39 is 42.5 Å². The van der Waals surface area contributed by atoms with Crippen molar-refractivity contribution in [1.82, 2.24) is 0 Å². The predicted molar refractivity (Wildman–Crippen MR) is 102 cm³/mol. The van der Waals surface area contributed by atoms with Crippen LogP contribution in [0.15, 0.2) is 24.3 Å². The minimum absolute atomic E-state index is 0.0161. The molecule has 160 valence electrons. The third-order valence-electron chi connectivity index (χ3n) is 4.28. The molecule has 1 aliphatic heterocycles. The van der Waals surface area contributed by atoms with Crippen LogP contribution < -0.4 is 4.74 Å². The number of hydrogen-bond acceptors (Lipinski definition) is 8. The Morgan fingerprint density at radius 3 is 1.86 bits per heavy atom. The molecule has 1 aliphatic rings. The summed E-state index contributed by atoms with van der Waals surface area (Å²) in [6.45, 7) is 9.88. The summed E-state index contributed by atoms with van der Waals surface area (Å²) in [6, 6.07) is 7.44. The summed E-state index contributed by atoms with van der Waals surface area (Å²) in [4.78, 5) is 34.6. The third-order valence-corrected chi connectivity index (χ3v) is 4.28. The van der Waals surface area contributed by atoms with Crippen LogP contribution in [0.1, 0.15) is 47.1 Å². The number of esters is 3. The normalized spacial score (nSPS) is 24.3. The van der Waals surface area contributed by atoms with Crippen molar-refractivity contribution in [2.45, 2.75) is 71.6 Å². The highest BCUT2D eigenvalue weighted by molar-refractivity contribution is 5.68. The quantitative estimate of drug-likeness (QED) is 0.542. The Balaban J connectivity index is 2.25. The van der Waals surface area contributed by atoms with Gasteiger partial charge in [0.2, 0.25) is 12.4 Å². The van der Waals surface area contributed by atoms with Crippen LogP contribution in [0.4, 0.5) is 0 Å². The Hall–Kier alpha value is -2.61. The minimum Gasteiger partial charge on any atom is -0.461 e. The highest BCUT2D eigenvalue weighted by Crippen LogP contribution is 2.29. The van der Waals surface area contributed by atoms with Crippen molar-refractivity contribution in [1.29, 1.82) is 0 Å². The van der Waals surface area contributed by atoms with E-state index in [1.54, 1.807) is 12.1 Å². The van der Waals surface area contributed by atoms with Crippen molar-refractivity contribution in [2.24, 2.45) is 0 Å². The van der Waals surface area contributed by atoms with Crippen LogP contribution in [0.2, 0.25) is 0 Å². The van der Waals surface area contributed by atoms with Gasteiger partial charge in [-0.2, -0.15) is 0 Å². The van der Waals surface area contributed by atoms with Crippen LogP contribution in [0.25, 0.3) is 0 Å². The molecule has 2 rings (SSSR count). The van der Waals surface area contributed by atoms with Crippen molar-refractivity contribution >= 4 is 17.9 Å². The van der Waals surface area contributed by atoms with Crippen LogP contribution in [0.3, 0.4) is 0 Å². The van der Waals surface area contributed by atoms with Crippen LogP contribution >= 0.6 is 0 Å². The van der Waals surface area contributed by atoms with Gasteiger partial charge in [0.1, 0.15) is 5.75 Å². The van der Waals surface area contributed by atoms with E-state index in [-0.39, 0.29) is 12.0 Å². The smallest absolute Gasteiger partial charge is 0.303 e. The summed E-state index contributed by atoms with van der Waals surface area (Å²) in [5, 5.41) is 0. The zero-order valence-electron chi connectivity index (χ0n) is 17.6. The first-order valence-electron chi connectivity index (χ1n) is 9.38. The van der Waals surface area contributed by atoms with Gasteiger partial charge in [0, 0.05) is 20.8 Å². The second-order valence-corrected chi connectivity index (χ2v) is 7.89. The fraction of sp³-hybridized carbons (Fsp3) is 0.571. The summed E-state index contributed by atoms with van der Waals surface area (Å²) >= 11 is 0. The molecule has 0 N–H and O–H groups in total. The van der Waals surface area contributed by atoms with Gasteiger partial charge in [-0.3, -0.25) is 14.4 Å². The number of ether oxygens (including phenoxy) is 5. The second-order valence-electron chi connectivity index (χ2n) is 7.89. The predicted octanol–water partition coefficient (Wildman–Crippen LogP) is 2.51.